The van der Waals surface area contributed by atoms with E-state index in [1.807, 2.05) is 51.5 Å². The Morgan fingerprint density at radius 1 is 1.00 bits per heavy atom. The smallest absolute Gasteiger partial charge is 0.407 e. The van der Waals surface area contributed by atoms with E-state index in [9.17, 15) is 4.79 Å². The highest BCUT2D eigenvalue weighted by Gasteiger charge is 2.25. The van der Waals surface area contributed by atoms with E-state index in [0.29, 0.717) is 0 Å². The topological polar surface area (TPSA) is 84.6 Å². The molecule has 1 fully saturated rings. The minimum absolute atomic E-state index is 0.101. The zero-order chi connectivity index (χ0) is 27.0. The fourth-order valence-electron chi connectivity index (χ4n) is 5.15. The van der Waals surface area contributed by atoms with Gasteiger partial charge >= 0.3 is 6.09 Å². The molecule has 1 amide bonds. The molecule has 5 aromatic rings. The number of pyridine rings is 3. The maximum Gasteiger partial charge on any atom is 0.407 e. The first kappa shape index (κ1) is 24.9. The second kappa shape index (κ2) is 10.0. The van der Waals surface area contributed by atoms with Crippen molar-refractivity contribution in [1.82, 2.24) is 24.7 Å². The van der Waals surface area contributed by atoms with E-state index in [1.54, 1.807) is 6.20 Å². The Kier molecular flexibility index (Phi) is 6.38. The van der Waals surface area contributed by atoms with Gasteiger partial charge in [-0.3, -0.25) is 9.38 Å². The van der Waals surface area contributed by atoms with E-state index in [2.05, 4.69) is 67.0 Å². The predicted octanol–water partition coefficient (Wildman–Crippen LogP) is 6.11. The summed E-state index contributed by atoms with van der Waals surface area (Å²) in [5.41, 5.74) is 6.39. The molecule has 1 aliphatic heterocycles. The Balaban J connectivity index is 1.24. The molecule has 39 heavy (non-hydrogen) atoms. The number of ether oxygens (including phenoxy) is 1. The number of alkyl carbamates (subject to hydrolysis) is 1. The van der Waals surface area contributed by atoms with Gasteiger partial charge in [-0.15, -0.1) is 0 Å². The SMILES string of the molecule is CC(C)(C)OC(=O)NC1CCN(c2cccc3ccc(-c4cnc5cc(-c6cccnc6)ccn45)nc23)CC1. The first-order valence-corrected chi connectivity index (χ1v) is 13.4. The Morgan fingerprint density at radius 3 is 2.62 bits per heavy atom. The van der Waals surface area contributed by atoms with Crippen LogP contribution in [-0.4, -0.2) is 50.2 Å². The van der Waals surface area contributed by atoms with Crippen molar-refractivity contribution in [2.75, 3.05) is 18.0 Å². The van der Waals surface area contributed by atoms with E-state index in [0.717, 1.165) is 70.7 Å². The number of hydrogen-bond acceptors (Lipinski definition) is 6. The molecule has 1 aliphatic rings. The van der Waals surface area contributed by atoms with Gasteiger partial charge in [0.25, 0.3) is 0 Å². The van der Waals surface area contributed by atoms with Crippen LogP contribution in [0.15, 0.2) is 79.4 Å². The summed E-state index contributed by atoms with van der Waals surface area (Å²) < 4.78 is 7.51. The van der Waals surface area contributed by atoms with Crippen molar-refractivity contribution in [3.63, 3.8) is 0 Å². The number of fused-ring (bicyclic) bond motifs is 2. The number of anilines is 1. The molecule has 0 atom stereocenters. The number of carbonyl (C=O) groups excluding carboxylic acids is 1. The van der Waals surface area contributed by atoms with Crippen LogP contribution in [0.5, 0.6) is 0 Å². The summed E-state index contributed by atoms with van der Waals surface area (Å²) in [6, 6.07) is 18.7. The Hall–Kier alpha value is -4.46. The zero-order valence-electron chi connectivity index (χ0n) is 22.5. The van der Waals surface area contributed by atoms with Crippen molar-refractivity contribution in [2.45, 2.75) is 45.3 Å². The highest BCUT2D eigenvalue weighted by molar-refractivity contribution is 5.92. The molecule has 0 saturated carbocycles. The van der Waals surface area contributed by atoms with Gasteiger partial charge in [0.05, 0.1) is 28.8 Å². The van der Waals surface area contributed by atoms with Crippen molar-refractivity contribution in [3.05, 3.63) is 79.4 Å². The number of para-hydroxylation sites is 1. The lowest BCUT2D eigenvalue weighted by Gasteiger charge is -2.34. The van der Waals surface area contributed by atoms with Crippen LogP contribution < -0.4 is 10.2 Å². The van der Waals surface area contributed by atoms with Gasteiger partial charge in [-0.1, -0.05) is 24.3 Å². The molecule has 1 saturated heterocycles. The summed E-state index contributed by atoms with van der Waals surface area (Å²) in [6.07, 6.45) is 8.91. The monoisotopic (exact) mass is 520 g/mol. The van der Waals surface area contributed by atoms with E-state index < -0.39 is 5.60 Å². The summed E-state index contributed by atoms with van der Waals surface area (Å²) in [4.78, 5) is 28.6. The lowest BCUT2D eigenvalue weighted by molar-refractivity contribution is 0.0497. The normalized spacial score (nSPS) is 14.6. The molecule has 0 radical (unpaired) electrons. The second-order valence-corrected chi connectivity index (χ2v) is 11.0. The third-order valence-corrected chi connectivity index (χ3v) is 7.03. The van der Waals surface area contributed by atoms with Crippen LogP contribution in [0, 0.1) is 0 Å². The lowest BCUT2D eigenvalue weighted by Crippen LogP contribution is -2.46. The molecule has 0 bridgehead atoms. The van der Waals surface area contributed by atoms with E-state index >= 15 is 0 Å². The van der Waals surface area contributed by atoms with Crippen LogP contribution in [0.1, 0.15) is 33.6 Å². The maximum absolute atomic E-state index is 12.2. The molecule has 6 rings (SSSR count). The van der Waals surface area contributed by atoms with Crippen LogP contribution in [0.3, 0.4) is 0 Å². The van der Waals surface area contributed by atoms with Gasteiger partial charge in [-0.05, 0) is 69.5 Å². The zero-order valence-corrected chi connectivity index (χ0v) is 22.5. The quantitative estimate of drug-likeness (QED) is 0.308. The molecule has 4 aromatic heterocycles. The fourth-order valence-corrected chi connectivity index (χ4v) is 5.15. The minimum atomic E-state index is -0.500. The number of benzene rings is 1. The van der Waals surface area contributed by atoms with Crippen molar-refractivity contribution in [1.29, 1.82) is 0 Å². The number of piperidine rings is 1. The van der Waals surface area contributed by atoms with Gasteiger partial charge in [0, 0.05) is 48.7 Å². The summed E-state index contributed by atoms with van der Waals surface area (Å²) in [5.74, 6) is 0. The molecule has 8 nitrogen and oxygen atoms in total. The summed E-state index contributed by atoms with van der Waals surface area (Å²) in [7, 11) is 0. The fraction of sp³-hybridized carbons (Fsp3) is 0.290. The van der Waals surface area contributed by atoms with E-state index in [4.69, 9.17) is 9.72 Å². The third-order valence-electron chi connectivity index (χ3n) is 7.03. The first-order valence-electron chi connectivity index (χ1n) is 13.4. The van der Waals surface area contributed by atoms with Crippen LogP contribution in [0.2, 0.25) is 0 Å². The van der Waals surface area contributed by atoms with Crippen molar-refractivity contribution >= 4 is 28.3 Å². The van der Waals surface area contributed by atoms with Gasteiger partial charge in [0.1, 0.15) is 11.2 Å². The Morgan fingerprint density at radius 2 is 1.85 bits per heavy atom. The van der Waals surface area contributed by atoms with Gasteiger partial charge in [0.15, 0.2) is 0 Å². The number of amides is 1. The van der Waals surface area contributed by atoms with Crippen molar-refractivity contribution in [2.24, 2.45) is 0 Å². The largest absolute Gasteiger partial charge is 0.444 e. The second-order valence-electron chi connectivity index (χ2n) is 11.0. The molecule has 1 aromatic carbocycles. The molecular weight excluding hydrogens is 488 g/mol. The molecule has 1 N–H and O–H groups in total. The summed E-state index contributed by atoms with van der Waals surface area (Å²) >= 11 is 0. The number of aromatic nitrogens is 4. The molecule has 0 spiro atoms. The van der Waals surface area contributed by atoms with Crippen molar-refractivity contribution in [3.8, 4) is 22.5 Å². The number of nitrogens with zero attached hydrogens (tertiary/aromatic N) is 5. The van der Waals surface area contributed by atoms with Gasteiger partial charge < -0.3 is 15.0 Å². The average molecular weight is 521 g/mol. The van der Waals surface area contributed by atoms with Crippen LogP contribution in [-0.2, 0) is 4.74 Å². The molecule has 0 aliphatic carbocycles. The highest BCUT2D eigenvalue weighted by atomic mass is 16.6. The molecule has 8 heteroatoms. The van der Waals surface area contributed by atoms with Gasteiger partial charge in [-0.25, -0.2) is 14.8 Å². The van der Waals surface area contributed by atoms with E-state index in [-0.39, 0.29) is 12.1 Å². The molecule has 5 heterocycles. The molecule has 0 unspecified atom stereocenters. The van der Waals surface area contributed by atoms with Crippen LogP contribution >= 0.6 is 0 Å². The summed E-state index contributed by atoms with van der Waals surface area (Å²) in [5, 5.41) is 4.12. The Bertz CT molecular complexity index is 1630. The first-order chi connectivity index (χ1) is 18.8. The average Bonchev–Trinajstić information content (AvgIpc) is 3.36. The number of nitrogens with one attached hydrogen (secondary N) is 1. The minimum Gasteiger partial charge on any atom is -0.444 e. The summed E-state index contributed by atoms with van der Waals surface area (Å²) in [6.45, 7) is 7.30. The third kappa shape index (κ3) is 5.27. The number of imidazole rings is 1. The van der Waals surface area contributed by atoms with Crippen LogP contribution in [0.4, 0.5) is 10.5 Å². The number of rotatable bonds is 4. The van der Waals surface area contributed by atoms with Gasteiger partial charge in [0.2, 0.25) is 0 Å². The molecule has 198 valence electrons. The van der Waals surface area contributed by atoms with Gasteiger partial charge in [-0.2, -0.15) is 0 Å². The van der Waals surface area contributed by atoms with E-state index in [1.165, 1.54) is 0 Å². The highest BCUT2D eigenvalue weighted by Crippen LogP contribution is 2.31. The predicted molar refractivity (Wildman–Crippen MR) is 154 cm³/mol. The van der Waals surface area contributed by atoms with Crippen LogP contribution in [0.25, 0.3) is 39.1 Å². The number of hydrogen-bond donors (Lipinski definition) is 1. The number of carbonyl (C=O) groups is 1. The maximum atomic E-state index is 12.2. The van der Waals surface area contributed by atoms with Crippen molar-refractivity contribution < 1.29 is 9.53 Å². The standard InChI is InChI=1S/C31H32N6O2/c1-31(2,3)39-30(38)34-24-12-15-36(16-13-24)26-8-4-6-21-9-10-25(35-29(21)26)27-20-33-28-18-22(11-17-37(27)28)23-7-5-14-32-19-23/h4-11,14,17-20,24H,12-13,15-16H2,1-3H3,(H,34,38). The molecular formula is C31H32N6O2. The lowest BCUT2D eigenvalue weighted by atomic mass is 10.0. The Labute approximate surface area is 227 Å².